The molecule has 0 unspecified atom stereocenters. The lowest BCUT2D eigenvalue weighted by Gasteiger charge is -2.09. The maximum absolute atomic E-state index is 6.02. The van der Waals surface area contributed by atoms with E-state index in [1.54, 1.807) is 18.4 Å². The predicted octanol–water partition coefficient (Wildman–Crippen LogP) is 4.60. The summed E-state index contributed by atoms with van der Waals surface area (Å²) < 4.78 is 6.97. The van der Waals surface area contributed by atoms with E-state index in [9.17, 15) is 0 Å². The highest BCUT2D eigenvalue weighted by Gasteiger charge is 2.05. The van der Waals surface area contributed by atoms with E-state index in [4.69, 9.17) is 16.3 Å². The van der Waals surface area contributed by atoms with Crippen molar-refractivity contribution in [2.45, 2.75) is 19.7 Å². The lowest BCUT2D eigenvalue weighted by Crippen LogP contribution is -2.13. The molecule has 5 heteroatoms. The van der Waals surface area contributed by atoms with Crippen molar-refractivity contribution in [3.63, 3.8) is 0 Å². The van der Waals surface area contributed by atoms with Gasteiger partial charge in [0.2, 0.25) is 0 Å². The first-order valence-corrected chi connectivity index (χ1v) is 7.89. The molecule has 2 rings (SSSR count). The van der Waals surface area contributed by atoms with Crippen LogP contribution in [-0.4, -0.2) is 7.11 Å². The van der Waals surface area contributed by atoms with Crippen LogP contribution in [0, 0.1) is 0 Å². The van der Waals surface area contributed by atoms with Gasteiger partial charge in [0, 0.05) is 29.5 Å². The lowest BCUT2D eigenvalue weighted by atomic mass is 10.1. The molecule has 1 aromatic carbocycles. The van der Waals surface area contributed by atoms with Gasteiger partial charge in [0.15, 0.2) is 0 Å². The fourth-order valence-corrected chi connectivity index (χ4v) is 3.59. The number of hydrogen-bond acceptors (Lipinski definition) is 3. The maximum Gasteiger partial charge on any atom is 0.107 e. The van der Waals surface area contributed by atoms with Crippen LogP contribution in [-0.2, 0) is 24.4 Å². The first kappa shape index (κ1) is 15.0. The molecule has 1 N–H and O–H groups in total. The SMILES string of the molecule is COCc1ccccc1CNCc1cc(Br)c(Cl)s1. The minimum absolute atomic E-state index is 0.647. The molecule has 2 aromatic rings. The van der Waals surface area contributed by atoms with Crippen molar-refractivity contribution in [3.8, 4) is 0 Å². The van der Waals surface area contributed by atoms with Crippen LogP contribution in [0.4, 0.5) is 0 Å². The summed E-state index contributed by atoms with van der Waals surface area (Å²) in [5.41, 5.74) is 2.49. The van der Waals surface area contributed by atoms with Crippen LogP contribution >= 0.6 is 38.9 Å². The Labute approximate surface area is 130 Å². The average Bonchev–Trinajstić information content (AvgIpc) is 2.71. The minimum Gasteiger partial charge on any atom is -0.380 e. The van der Waals surface area contributed by atoms with Gasteiger partial charge in [-0.15, -0.1) is 11.3 Å². The molecule has 0 bridgehead atoms. The summed E-state index contributed by atoms with van der Waals surface area (Å²) >= 11 is 11.0. The van der Waals surface area contributed by atoms with Crippen LogP contribution in [0.15, 0.2) is 34.8 Å². The molecular formula is C14H15BrClNOS. The summed E-state index contributed by atoms with van der Waals surface area (Å²) in [6.07, 6.45) is 0. The normalized spacial score (nSPS) is 10.9. The standard InChI is InChI=1S/C14H15BrClNOS/c1-18-9-11-5-3-2-4-10(11)7-17-8-12-6-13(15)14(16)19-12/h2-6,17H,7-9H2,1H3. The maximum atomic E-state index is 6.02. The Kier molecular flexibility index (Phi) is 5.85. The second-order valence-electron chi connectivity index (χ2n) is 4.14. The van der Waals surface area contributed by atoms with Gasteiger partial charge in [0.05, 0.1) is 6.61 Å². The lowest BCUT2D eigenvalue weighted by molar-refractivity contribution is 0.184. The third-order valence-corrected chi connectivity index (χ3v) is 5.20. The van der Waals surface area contributed by atoms with Crippen LogP contribution in [0.2, 0.25) is 4.34 Å². The van der Waals surface area contributed by atoms with Gasteiger partial charge in [-0.1, -0.05) is 35.9 Å². The second kappa shape index (κ2) is 7.41. The van der Waals surface area contributed by atoms with Gasteiger partial charge < -0.3 is 10.1 Å². The highest BCUT2D eigenvalue weighted by molar-refractivity contribution is 9.10. The molecule has 0 amide bonds. The molecule has 0 saturated heterocycles. The molecule has 0 spiro atoms. The predicted molar refractivity (Wildman–Crippen MR) is 84.7 cm³/mol. The largest absolute Gasteiger partial charge is 0.380 e. The van der Waals surface area contributed by atoms with Crippen molar-refractivity contribution in [1.82, 2.24) is 5.32 Å². The van der Waals surface area contributed by atoms with E-state index in [0.717, 1.165) is 21.9 Å². The number of benzene rings is 1. The van der Waals surface area contributed by atoms with E-state index in [1.807, 2.05) is 6.07 Å². The molecule has 0 aliphatic rings. The Hall–Kier alpha value is -0.390. The molecule has 1 heterocycles. The van der Waals surface area contributed by atoms with Crippen molar-refractivity contribution in [2.24, 2.45) is 0 Å². The van der Waals surface area contributed by atoms with E-state index in [0.29, 0.717) is 6.61 Å². The number of rotatable bonds is 6. The van der Waals surface area contributed by atoms with Crippen molar-refractivity contribution < 1.29 is 4.74 Å². The fraction of sp³-hybridized carbons (Fsp3) is 0.286. The molecule has 0 aliphatic heterocycles. The Morgan fingerprint density at radius 1 is 1.26 bits per heavy atom. The molecule has 19 heavy (non-hydrogen) atoms. The van der Waals surface area contributed by atoms with E-state index in [-0.39, 0.29) is 0 Å². The first-order valence-electron chi connectivity index (χ1n) is 5.91. The Morgan fingerprint density at radius 3 is 2.63 bits per heavy atom. The van der Waals surface area contributed by atoms with Gasteiger partial charge in [-0.25, -0.2) is 0 Å². The van der Waals surface area contributed by atoms with Crippen LogP contribution in [0.25, 0.3) is 0 Å². The molecule has 102 valence electrons. The molecule has 0 saturated carbocycles. The topological polar surface area (TPSA) is 21.3 Å². The fourth-order valence-electron chi connectivity index (χ4n) is 1.83. The van der Waals surface area contributed by atoms with Gasteiger partial charge in [-0.2, -0.15) is 0 Å². The van der Waals surface area contributed by atoms with E-state index >= 15 is 0 Å². The van der Waals surface area contributed by atoms with Crippen LogP contribution < -0.4 is 5.32 Å². The summed E-state index contributed by atoms with van der Waals surface area (Å²) in [6.45, 7) is 2.29. The highest BCUT2D eigenvalue weighted by atomic mass is 79.9. The van der Waals surface area contributed by atoms with Gasteiger partial charge in [0.1, 0.15) is 4.34 Å². The number of ether oxygens (including phenoxy) is 1. The molecule has 2 nitrogen and oxygen atoms in total. The van der Waals surface area contributed by atoms with Crippen molar-refractivity contribution in [1.29, 1.82) is 0 Å². The third kappa shape index (κ3) is 4.29. The molecular weight excluding hydrogens is 346 g/mol. The van der Waals surface area contributed by atoms with Gasteiger partial charge >= 0.3 is 0 Å². The van der Waals surface area contributed by atoms with Crippen molar-refractivity contribution in [2.75, 3.05) is 7.11 Å². The van der Waals surface area contributed by atoms with E-state index in [1.165, 1.54) is 16.0 Å². The molecule has 1 aromatic heterocycles. The molecule has 0 atom stereocenters. The second-order valence-corrected chi connectivity index (χ2v) is 6.73. The minimum atomic E-state index is 0.647. The molecule has 0 radical (unpaired) electrons. The molecule has 0 aliphatic carbocycles. The Morgan fingerprint density at radius 2 is 2.00 bits per heavy atom. The summed E-state index contributed by atoms with van der Waals surface area (Å²) in [5, 5.41) is 3.43. The van der Waals surface area contributed by atoms with E-state index < -0.39 is 0 Å². The van der Waals surface area contributed by atoms with E-state index in [2.05, 4.69) is 45.5 Å². The van der Waals surface area contributed by atoms with Crippen LogP contribution in [0.3, 0.4) is 0 Å². The number of nitrogens with one attached hydrogen (secondary N) is 1. The number of methoxy groups -OCH3 is 1. The summed E-state index contributed by atoms with van der Waals surface area (Å²) in [7, 11) is 1.72. The first-order chi connectivity index (χ1) is 9.20. The number of thiophene rings is 1. The Balaban J connectivity index is 1.92. The third-order valence-electron chi connectivity index (χ3n) is 2.73. The van der Waals surface area contributed by atoms with Crippen LogP contribution in [0.5, 0.6) is 0 Å². The quantitative estimate of drug-likeness (QED) is 0.813. The summed E-state index contributed by atoms with van der Waals surface area (Å²) in [6, 6.07) is 10.4. The molecule has 0 fully saturated rings. The number of hydrogen-bond donors (Lipinski definition) is 1. The summed E-state index contributed by atoms with van der Waals surface area (Å²) in [4.78, 5) is 1.22. The van der Waals surface area contributed by atoms with Crippen molar-refractivity contribution in [3.05, 3.63) is 55.1 Å². The monoisotopic (exact) mass is 359 g/mol. The van der Waals surface area contributed by atoms with Gasteiger partial charge in [0.25, 0.3) is 0 Å². The summed E-state index contributed by atoms with van der Waals surface area (Å²) in [5.74, 6) is 0. The zero-order chi connectivity index (χ0) is 13.7. The highest BCUT2D eigenvalue weighted by Crippen LogP contribution is 2.31. The Bertz CT molecular complexity index is 524. The van der Waals surface area contributed by atoms with Crippen LogP contribution in [0.1, 0.15) is 16.0 Å². The average molecular weight is 361 g/mol. The zero-order valence-corrected chi connectivity index (χ0v) is 13.7. The zero-order valence-electron chi connectivity index (χ0n) is 10.6. The van der Waals surface area contributed by atoms with Gasteiger partial charge in [-0.05, 0) is 33.1 Å². The number of halogens is 2. The van der Waals surface area contributed by atoms with Crippen molar-refractivity contribution >= 4 is 38.9 Å². The van der Waals surface area contributed by atoms with Gasteiger partial charge in [-0.3, -0.25) is 0 Å². The smallest absolute Gasteiger partial charge is 0.107 e.